The first kappa shape index (κ1) is 19.9. The number of ether oxygens (including phenoxy) is 1. The van der Waals surface area contributed by atoms with E-state index >= 15 is 0 Å². The summed E-state index contributed by atoms with van der Waals surface area (Å²) in [6.45, 7) is 5.65. The summed E-state index contributed by atoms with van der Waals surface area (Å²) < 4.78 is 5.93. The maximum Gasteiger partial charge on any atom is 0.241 e. The van der Waals surface area contributed by atoms with Gasteiger partial charge in [-0.2, -0.15) is 0 Å². The lowest BCUT2D eigenvalue weighted by Crippen LogP contribution is -2.38. The van der Waals surface area contributed by atoms with Gasteiger partial charge in [0.15, 0.2) is 0 Å². The Morgan fingerprint density at radius 3 is 2.52 bits per heavy atom. The van der Waals surface area contributed by atoms with Crippen molar-refractivity contribution in [2.24, 2.45) is 0 Å². The zero-order chi connectivity index (χ0) is 18.2. The normalized spacial score (nSPS) is 17.6. The van der Waals surface area contributed by atoms with Gasteiger partial charge >= 0.3 is 0 Å². The van der Waals surface area contributed by atoms with Gasteiger partial charge in [0, 0.05) is 26.2 Å². The Labute approximate surface area is 152 Å². The van der Waals surface area contributed by atoms with Crippen molar-refractivity contribution in [2.45, 2.75) is 38.3 Å². The van der Waals surface area contributed by atoms with E-state index in [9.17, 15) is 4.79 Å². The monoisotopic (exact) mass is 347 g/mol. The molecule has 5 nitrogen and oxygen atoms in total. The number of hydrogen-bond acceptors (Lipinski definition) is 4. The van der Waals surface area contributed by atoms with Crippen LogP contribution in [0.3, 0.4) is 0 Å². The van der Waals surface area contributed by atoms with Crippen LogP contribution < -0.4 is 5.32 Å². The zero-order valence-electron chi connectivity index (χ0n) is 16.1. The van der Waals surface area contributed by atoms with E-state index in [1.807, 2.05) is 31.1 Å². The number of carbonyl (C=O) groups excluding carboxylic acids is 1. The number of rotatable bonds is 8. The van der Waals surface area contributed by atoms with E-state index in [0.29, 0.717) is 19.3 Å². The van der Waals surface area contributed by atoms with Crippen LogP contribution in [0.1, 0.15) is 36.4 Å². The van der Waals surface area contributed by atoms with Crippen molar-refractivity contribution in [3.63, 3.8) is 0 Å². The van der Waals surface area contributed by atoms with Crippen molar-refractivity contribution >= 4 is 5.91 Å². The fourth-order valence-electron chi connectivity index (χ4n) is 3.21. The predicted octanol–water partition coefficient (Wildman–Crippen LogP) is 2.21. The highest BCUT2D eigenvalue weighted by molar-refractivity contribution is 5.83. The highest BCUT2D eigenvalue weighted by Gasteiger charge is 2.22. The second-order valence-electron chi connectivity index (χ2n) is 7.29. The fourth-order valence-corrected chi connectivity index (χ4v) is 3.21. The second kappa shape index (κ2) is 9.90. The maximum atomic E-state index is 12.6. The van der Waals surface area contributed by atoms with Crippen LogP contribution in [0.15, 0.2) is 24.3 Å². The van der Waals surface area contributed by atoms with Gasteiger partial charge in [-0.1, -0.05) is 29.8 Å². The van der Waals surface area contributed by atoms with Crippen LogP contribution in [0, 0.1) is 6.92 Å². The van der Waals surface area contributed by atoms with Crippen LogP contribution in [-0.2, 0) is 9.53 Å². The molecule has 25 heavy (non-hydrogen) atoms. The molecular formula is C20H33N3O2. The molecule has 1 aliphatic rings. The first-order valence-corrected chi connectivity index (χ1v) is 9.28. The molecule has 2 rings (SSSR count). The molecule has 1 N–H and O–H groups in total. The molecule has 1 heterocycles. The van der Waals surface area contributed by atoms with Crippen LogP contribution in [0.4, 0.5) is 0 Å². The smallest absolute Gasteiger partial charge is 0.241 e. The number of likely N-dealkylation sites (tertiary alicyclic amines) is 1. The second-order valence-corrected chi connectivity index (χ2v) is 7.29. The lowest BCUT2D eigenvalue weighted by atomic mass is 10.0. The minimum atomic E-state index is -0.254. The molecule has 5 heteroatoms. The molecule has 0 radical (unpaired) electrons. The van der Waals surface area contributed by atoms with Crippen LogP contribution in [0.5, 0.6) is 0 Å². The Kier molecular flexibility index (Phi) is 7.88. The first-order valence-electron chi connectivity index (χ1n) is 9.28. The highest BCUT2D eigenvalue weighted by atomic mass is 16.5. The first-order chi connectivity index (χ1) is 12.0. The minimum Gasteiger partial charge on any atom is -0.378 e. The summed E-state index contributed by atoms with van der Waals surface area (Å²) in [5, 5.41) is 3.05. The van der Waals surface area contributed by atoms with Crippen LogP contribution in [-0.4, -0.2) is 69.2 Å². The molecule has 0 aromatic heterocycles. The molecule has 1 unspecified atom stereocenters. The van der Waals surface area contributed by atoms with Crippen molar-refractivity contribution in [3.05, 3.63) is 35.4 Å². The van der Waals surface area contributed by atoms with Crippen molar-refractivity contribution in [1.82, 2.24) is 15.1 Å². The number of nitrogens with zero attached hydrogens (tertiary/aromatic N) is 2. The van der Waals surface area contributed by atoms with Gasteiger partial charge in [-0.3, -0.25) is 9.69 Å². The van der Waals surface area contributed by atoms with Crippen LogP contribution in [0.25, 0.3) is 0 Å². The summed E-state index contributed by atoms with van der Waals surface area (Å²) in [5.74, 6) is 0.0492. The number of amides is 1. The molecule has 1 amide bonds. The zero-order valence-corrected chi connectivity index (χ0v) is 16.1. The number of hydrogen-bond donors (Lipinski definition) is 1. The van der Waals surface area contributed by atoms with E-state index in [0.717, 1.165) is 37.9 Å². The number of benzene rings is 1. The van der Waals surface area contributed by atoms with Gasteiger partial charge in [0.25, 0.3) is 0 Å². The molecule has 1 fully saturated rings. The Morgan fingerprint density at radius 1 is 1.28 bits per heavy atom. The van der Waals surface area contributed by atoms with Crippen LogP contribution >= 0.6 is 0 Å². The van der Waals surface area contributed by atoms with Crippen LogP contribution in [0.2, 0.25) is 0 Å². The van der Waals surface area contributed by atoms with E-state index in [2.05, 4.69) is 36.3 Å². The Balaban J connectivity index is 1.71. The summed E-state index contributed by atoms with van der Waals surface area (Å²) >= 11 is 0. The average molecular weight is 348 g/mol. The Morgan fingerprint density at radius 2 is 1.92 bits per heavy atom. The van der Waals surface area contributed by atoms with Gasteiger partial charge in [-0.25, -0.2) is 0 Å². The van der Waals surface area contributed by atoms with Gasteiger partial charge < -0.3 is 15.0 Å². The molecule has 1 saturated heterocycles. The predicted molar refractivity (Wildman–Crippen MR) is 102 cm³/mol. The standard InChI is InChI=1S/C20H33N3O2/c1-16-6-8-17(9-7-16)19(22(2)3)20(24)21-12-5-15-25-18-10-13-23(4)14-11-18/h6-9,18-19H,5,10-15H2,1-4H3,(H,21,24). The van der Waals surface area contributed by atoms with Crippen molar-refractivity contribution in [1.29, 1.82) is 0 Å². The maximum absolute atomic E-state index is 12.6. The van der Waals surface area contributed by atoms with E-state index in [1.54, 1.807) is 0 Å². The van der Waals surface area contributed by atoms with Crippen molar-refractivity contribution in [2.75, 3.05) is 47.4 Å². The lowest BCUT2D eigenvalue weighted by Gasteiger charge is -2.29. The summed E-state index contributed by atoms with van der Waals surface area (Å²) in [6.07, 6.45) is 3.46. The van der Waals surface area contributed by atoms with E-state index in [-0.39, 0.29) is 11.9 Å². The fraction of sp³-hybridized carbons (Fsp3) is 0.650. The van der Waals surface area contributed by atoms with Gasteiger partial charge in [0.2, 0.25) is 5.91 Å². The van der Waals surface area contributed by atoms with E-state index in [4.69, 9.17) is 4.74 Å². The largest absolute Gasteiger partial charge is 0.378 e. The third-order valence-corrected chi connectivity index (χ3v) is 4.80. The molecule has 1 aromatic rings. The third kappa shape index (κ3) is 6.42. The Hall–Kier alpha value is -1.43. The molecule has 0 spiro atoms. The van der Waals surface area contributed by atoms with Gasteiger partial charge in [-0.15, -0.1) is 0 Å². The number of carbonyl (C=O) groups is 1. The molecule has 1 atom stereocenters. The molecule has 1 aliphatic heterocycles. The Bertz CT molecular complexity index is 522. The summed E-state index contributed by atoms with van der Waals surface area (Å²) in [6, 6.07) is 7.91. The average Bonchev–Trinajstić information content (AvgIpc) is 2.58. The van der Waals surface area contributed by atoms with E-state index < -0.39 is 0 Å². The molecule has 0 bridgehead atoms. The van der Waals surface area contributed by atoms with Gasteiger partial charge in [0.1, 0.15) is 6.04 Å². The quantitative estimate of drug-likeness (QED) is 0.733. The van der Waals surface area contributed by atoms with Crippen molar-refractivity contribution in [3.8, 4) is 0 Å². The number of likely N-dealkylation sites (N-methyl/N-ethyl adjacent to an activating group) is 1. The van der Waals surface area contributed by atoms with Crippen molar-refractivity contribution < 1.29 is 9.53 Å². The lowest BCUT2D eigenvalue weighted by molar-refractivity contribution is -0.125. The third-order valence-electron chi connectivity index (χ3n) is 4.80. The number of nitrogens with one attached hydrogen (secondary N) is 1. The summed E-state index contributed by atoms with van der Waals surface area (Å²) in [5.41, 5.74) is 2.23. The van der Waals surface area contributed by atoms with E-state index in [1.165, 1.54) is 5.56 Å². The molecule has 1 aromatic carbocycles. The SMILES string of the molecule is Cc1ccc(C(C(=O)NCCCOC2CCN(C)CC2)N(C)C)cc1. The number of aryl methyl sites for hydroxylation is 1. The van der Waals surface area contributed by atoms with Gasteiger partial charge in [-0.05, 0) is 52.9 Å². The molecular weight excluding hydrogens is 314 g/mol. The molecule has 140 valence electrons. The number of piperidine rings is 1. The summed E-state index contributed by atoms with van der Waals surface area (Å²) in [7, 11) is 6.03. The molecule has 0 aliphatic carbocycles. The molecule has 0 saturated carbocycles. The summed E-state index contributed by atoms with van der Waals surface area (Å²) in [4.78, 5) is 16.9. The topological polar surface area (TPSA) is 44.8 Å². The highest BCUT2D eigenvalue weighted by Crippen LogP contribution is 2.19. The minimum absolute atomic E-state index is 0.0492. The van der Waals surface area contributed by atoms with Gasteiger partial charge in [0.05, 0.1) is 6.10 Å².